The number of para-hydroxylation sites is 1. The Labute approximate surface area is 150 Å². The van der Waals surface area contributed by atoms with Crippen LogP contribution in [0, 0.1) is 0 Å². The summed E-state index contributed by atoms with van der Waals surface area (Å²) in [6.45, 7) is 0. The van der Waals surface area contributed by atoms with Crippen LogP contribution in [0.2, 0.25) is 5.15 Å². The molecule has 0 bridgehead atoms. The van der Waals surface area contributed by atoms with Crippen LogP contribution in [0.1, 0.15) is 15.9 Å². The van der Waals surface area contributed by atoms with Crippen molar-refractivity contribution in [3.8, 4) is 11.5 Å². The fourth-order valence-corrected chi connectivity index (χ4v) is 2.70. The van der Waals surface area contributed by atoms with E-state index in [0.29, 0.717) is 22.0 Å². The van der Waals surface area contributed by atoms with Gasteiger partial charge in [-0.15, -0.1) is 0 Å². The molecule has 25 heavy (non-hydrogen) atoms. The third kappa shape index (κ3) is 3.64. The quantitative estimate of drug-likeness (QED) is 0.375. The maximum Gasteiger partial charge on any atom is 0.189 e. The van der Waals surface area contributed by atoms with E-state index in [1.165, 1.54) is 13.2 Å². The molecular formula is C20H16ClNO3. The van der Waals surface area contributed by atoms with Crippen LogP contribution in [0.3, 0.4) is 0 Å². The van der Waals surface area contributed by atoms with Crippen molar-refractivity contribution < 1.29 is 14.3 Å². The molecule has 2 aromatic carbocycles. The average Bonchev–Trinajstić information content (AvgIpc) is 2.65. The molecule has 126 valence electrons. The second kappa shape index (κ2) is 7.36. The first-order valence-electron chi connectivity index (χ1n) is 7.62. The van der Waals surface area contributed by atoms with Crippen molar-refractivity contribution in [3.05, 3.63) is 70.9 Å². The highest BCUT2D eigenvalue weighted by molar-refractivity contribution is 6.31. The number of hydrogen-bond donors (Lipinski definition) is 0. The summed E-state index contributed by atoms with van der Waals surface area (Å²) in [4.78, 5) is 16.8. The van der Waals surface area contributed by atoms with Gasteiger partial charge < -0.3 is 9.47 Å². The summed E-state index contributed by atoms with van der Waals surface area (Å²) in [6.07, 6.45) is 3.12. The minimum atomic E-state index is -0.167. The number of hydrogen-bond acceptors (Lipinski definition) is 4. The molecule has 0 saturated heterocycles. The largest absolute Gasteiger partial charge is 0.497 e. The number of fused-ring (bicyclic) bond motifs is 1. The average molecular weight is 354 g/mol. The molecule has 0 N–H and O–H groups in total. The first kappa shape index (κ1) is 17.0. The number of rotatable bonds is 5. The fourth-order valence-electron chi connectivity index (χ4n) is 2.49. The van der Waals surface area contributed by atoms with Crippen LogP contribution in [-0.4, -0.2) is 25.0 Å². The van der Waals surface area contributed by atoms with Crippen LogP contribution in [-0.2, 0) is 0 Å². The second-order valence-electron chi connectivity index (χ2n) is 5.32. The number of allylic oxidation sites excluding steroid dienone is 1. The van der Waals surface area contributed by atoms with E-state index in [1.54, 1.807) is 31.4 Å². The molecule has 0 aliphatic rings. The Hall–Kier alpha value is -2.85. The summed E-state index contributed by atoms with van der Waals surface area (Å²) < 4.78 is 10.4. The van der Waals surface area contributed by atoms with Gasteiger partial charge in [-0.3, -0.25) is 4.79 Å². The first-order valence-corrected chi connectivity index (χ1v) is 8.00. The Balaban J connectivity index is 1.95. The Morgan fingerprint density at radius 3 is 2.64 bits per heavy atom. The van der Waals surface area contributed by atoms with E-state index in [1.807, 2.05) is 30.3 Å². The number of methoxy groups -OCH3 is 2. The summed E-state index contributed by atoms with van der Waals surface area (Å²) in [6, 6.07) is 14.5. The van der Waals surface area contributed by atoms with E-state index in [4.69, 9.17) is 21.1 Å². The van der Waals surface area contributed by atoms with Crippen LogP contribution < -0.4 is 9.47 Å². The number of nitrogens with zero attached hydrogens (tertiary/aromatic N) is 1. The number of carbonyl (C=O) groups excluding carboxylic acids is 1. The molecule has 0 amide bonds. The SMILES string of the molecule is COc1ccc2nc(Cl)c(C=CC(=O)c3ccccc3OC)cc2c1. The summed E-state index contributed by atoms with van der Waals surface area (Å²) in [5.74, 6) is 1.10. The molecule has 0 spiro atoms. The van der Waals surface area contributed by atoms with E-state index in [0.717, 1.165) is 16.7 Å². The van der Waals surface area contributed by atoms with Gasteiger partial charge in [-0.05, 0) is 48.6 Å². The number of halogens is 1. The molecule has 0 atom stereocenters. The zero-order valence-corrected chi connectivity index (χ0v) is 14.6. The lowest BCUT2D eigenvalue weighted by Gasteiger charge is -2.06. The summed E-state index contributed by atoms with van der Waals surface area (Å²) in [5.41, 5.74) is 1.91. The minimum Gasteiger partial charge on any atom is -0.497 e. The Morgan fingerprint density at radius 2 is 1.88 bits per heavy atom. The van der Waals surface area contributed by atoms with E-state index in [9.17, 15) is 4.79 Å². The van der Waals surface area contributed by atoms with Crippen LogP contribution in [0.15, 0.2) is 54.6 Å². The topological polar surface area (TPSA) is 48.4 Å². The standard InChI is InChI=1S/C20H16ClNO3/c1-24-15-8-9-17-14(12-15)11-13(20(21)22-17)7-10-18(23)16-5-3-4-6-19(16)25-2/h3-12H,1-2H3. The van der Waals surface area contributed by atoms with Crippen molar-refractivity contribution >= 4 is 34.4 Å². The van der Waals surface area contributed by atoms with Crippen molar-refractivity contribution in [3.63, 3.8) is 0 Å². The van der Waals surface area contributed by atoms with Gasteiger partial charge >= 0.3 is 0 Å². The molecule has 3 rings (SSSR count). The zero-order valence-electron chi connectivity index (χ0n) is 13.8. The molecule has 1 aromatic heterocycles. The molecule has 0 saturated carbocycles. The summed E-state index contributed by atoms with van der Waals surface area (Å²) in [5, 5.41) is 1.22. The molecule has 0 aliphatic carbocycles. The molecule has 0 radical (unpaired) electrons. The Kier molecular flexibility index (Phi) is 5.00. The van der Waals surface area contributed by atoms with Gasteiger partial charge in [0, 0.05) is 10.9 Å². The van der Waals surface area contributed by atoms with Crippen molar-refractivity contribution in [2.24, 2.45) is 0 Å². The Morgan fingerprint density at radius 1 is 1.08 bits per heavy atom. The third-order valence-corrected chi connectivity index (χ3v) is 4.09. The Bertz CT molecular complexity index is 966. The lowest BCUT2D eigenvalue weighted by Crippen LogP contribution is -1.98. The number of ether oxygens (including phenoxy) is 2. The van der Waals surface area contributed by atoms with Gasteiger partial charge in [-0.1, -0.05) is 23.7 Å². The highest BCUT2D eigenvalue weighted by Gasteiger charge is 2.09. The van der Waals surface area contributed by atoms with Crippen LogP contribution >= 0.6 is 11.6 Å². The fraction of sp³-hybridized carbons (Fsp3) is 0.100. The van der Waals surface area contributed by atoms with E-state index < -0.39 is 0 Å². The lowest BCUT2D eigenvalue weighted by atomic mass is 10.1. The van der Waals surface area contributed by atoms with Crippen LogP contribution in [0.25, 0.3) is 17.0 Å². The van der Waals surface area contributed by atoms with Crippen molar-refractivity contribution in [2.75, 3.05) is 14.2 Å². The van der Waals surface area contributed by atoms with Gasteiger partial charge in [0.15, 0.2) is 5.78 Å². The molecule has 4 nitrogen and oxygen atoms in total. The van der Waals surface area contributed by atoms with E-state index >= 15 is 0 Å². The van der Waals surface area contributed by atoms with Crippen molar-refractivity contribution in [1.29, 1.82) is 0 Å². The van der Waals surface area contributed by atoms with Crippen LogP contribution in [0.5, 0.6) is 11.5 Å². The predicted molar refractivity (Wildman–Crippen MR) is 99.7 cm³/mol. The van der Waals surface area contributed by atoms with Gasteiger partial charge in [-0.25, -0.2) is 4.98 Å². The molecular weight excluding hydrogens is 338 g/mol. The van der Waals surface area contributed by atoms with E-state index in [2.05, 4.69) is 4.98 Å². The minimum absolute atomic E-state index is 0.167. The van der Waals surface area contributed by atoms with Gasteiger partial charge in [0.25, 0.3) is 0 Å². The first-order chi connectivity index (χ1) is 12.1. The van der Waals surface area contributed by atoms with Gasteiger partial charge in [-0.2, -0.15) is 0 Å². The number of pyridine rings is 1. The number of aromatic nitrogens is 1. The predicted octanol–water partition coefficient (Wildman–Crippen LogP) is 4.80. The van der Waals surface area contributed by atoms with E-state index in [-0.39, 0.29) is 5.78 Å². The second-order valence-corrected chi connectivity index (χ2v) is 5.68. The summed E-state index contributed by atoms with van der Waals surface area (Å²) in [7, 11) is 3.14. The number of ketones is 1. The van der Waals surface area contributed by atoms with Crippen molar-refractivity contribution in [1.82, 2.24) is 4.98 Å². The van der Waals surface area contributed by atoms with Crippen LogP contribution in [0.4, 0.5) is 0 Å². The molecule has 3 aromatic rings. The molecule has 5 heteroatoms. The summed E-state index contributed by atoms with van der Waals surface area (Å²) >= 11 is 6.24. The molecule has 0 aliphatic heterocycles. The number of benzene rings is 2. The van der Waals surface area contributed by atoms with Gasteiger partial charge in [0.05, 0.1) is 25.3 Å². The monoisotopic (exact) mass is 353 g/mol. The molecule has 1 heterocycles. The zero-order chi connectivity index (χ0) is 17.8. The lowest BCUT2D eigenvalue weighted by molar-refractivity contribution is 0.104. The van der Waals surface area contributed by atoms with Gasteiger partial charge in [0.1, 0.15) is 16.7 Å². The maximum atomic E-state index is 12.4. The number of carbonyl (C=O) groups is 1. The normalized spacial score (nSPS) is 11.0. The molecule has 0 unspecified atom stereocenters. The molecule has 0 fully saturated rings. The highest BCUT2D eigenvalue weighted by atomic mass is 35.5. The van der Waals surface area contributed by atoms with Gasteiger partial charge in [0.2, 0.25) is 0 Å². The third-order valence-electron chi connectivity index (χ3n) is 3.79. The highest BCUT2D eigenvalue weighted by Crippen LogP contribution is 2.25. The maximum absolute atomic E-state index is 12.4. The smallest absolute Gasteiger partial charge is 0.189 e. The van der Waals surface area contributed by atoms with Crippen molar-refractivity contribution in [2.45, 2.75) is 0 Å².